The van der Waals surface area contributed by atoms with Crippen LogP contribution in [0.1, 0.15) is 27.6 Å². The molecule has 102 valence electrons. The average Bonchev–Trinajstić information content (AvgIpc) is 2.41. The molecule has 0 bridgehead atoms. The lowest BCUT2D eigenvalue weighted by molar-refractivity contribution is 0.0696. The Hall–Kier alpha value is -2.69. The Kier molecular flexibility index (Phi) is 3.79. The van der Waals surface area contributed by atoms with Crippen molar-refractivity contribution in [2.24, 2.45) is 0 Å². The van der Waals surface area contributed by atoms with Crippen molar-refractivity contribution in [2.45, 2.75) is 6.92 Å². The molecule has 0 radical (unpaired) electrons. The highest BCUT2D eigenvalue weighted by atomic mass is 19.1. The van der Waals surface area contributed by atoms with Crippen molar-refractivity contribution in [3.05, 3.63) is 59.4 Å². The lowest BCUT2D eigenvalue weighted by Gasteiger charge is -2.09. The fourth-order valence-corrected chi connectivity index (χ4v) is 1.72. The van der Waals surface area contributed by atoms with Gasteiger partial charge in [-0.25, -0.2) is 9.18 Å². The monoisotopic (exact) mass is 273 g/mol. The summed E-state index contributed by atoms with van der Waals surface area (Å²) in [6.45, 7) is 1.45. The third kappa shape index (κ3) is 3.00. The number of anilines is 2. The second-order valence-corrected chi connectivity index (χ2v) is 4.26. The number of benzene rings is 2. The summed E-state index contributed by atoms with van der Waals surface area (Å²) in [5.41, 5.74) is 1.10. The van der Waals surface area contributed by atoms with Crippen LogP contribution in [0.5, 0.6) is 0 Å². The highest BCUT2D eigenvalue weighted by molar-refractivity contribution is 5.95. The quantitative estimate of drug-likeness (QED) is 0.837. The second kappa shape index (κ2) is 5.52. The van der Waals surface area contributed by atoms with Crippen molar-refractivity contribution in [2.75, 3.05) is 5.32 Å². The fraction of sp³-hybridized carbons (Fsp3) is 0.0667. The van der Waals surface area contributed by atoms with E-state index < -0.39 is 11.8 Å². The van der Waals surface area contributed by atoms with E-state index in [0.717, 1.165) is 6.07 Å². The largest absolute Gasteiger partial charge is 0.478 e. The molecule has 0 fully saturated rings. The minimum absolute atomic E-state index is 0.0876. The van der Waals surface area contributed by atoms with E-state index in [4.69, 9.17) is 5.11 Å². The minimum Gasteiger partial charge on any atom is -0.478 e. The zero-order valence-corrected chi connectivity index (χ0v) is 10.7. The summed E-state index contributed by atoms with van der Waals surface area (Å²) in [7, 11) is 0. The van der Waals surface area contributed by atoms with Gasteiger partial charge < -0.3 is 10.4 Å². The lowest BCUT2D eigenvalue weighted by atomic mass is 10.1. The van der Waals surface area contributed by atoms with Gasteiger partial charge in [0, 0.05) is 11.3 Å². The maximum absolute atomic E-state index is 13.8. The van der Waals surface area contributed by atoms with E-state index >= 15 is 0 Å². The molecule has 2 N–H and O–H groups in total. The molecule has 4 nitrogen and oxygen atoms in total. The topological polar surface area (TPSA) is 66.4 Å². The minimum atomic E-state index is -1.19. The van der Waals surface area contributed by atoms with Crippen LogP contribution in [0, 0.1) is 5.82 Å². The number of rotatable bonds is 4. The van der Waals surface area contributed by atoms with Gasteiger partial charge in [0.15, 0.2) is 5.78 Å². The van der Waals surface area contributed by atoms with Crippen LogP contribution in [0.15, 0.2) is 42.5 Å². The van der Waals surface area contributed by atoms with E-state index in [0.29, 0.717) is 11.3 Å². The van der Waals surface area contributed by atoms with Gasteiger partial charge in [-0.1, -0.05) is 12.1 Å². The van der Waals surface area contributed by atoms with Crippen molar-refractivity contribution in [1.82, 2.24) is 0 Å². The number of carboxylic acids is 1. The molecule has 0 saturated heterocycles. The van der Waals surface area contributed by atoms with Gasteiger partial charge in [-0.15, -0.1) is 0 Å². The SMILES string of the molecule is CC(=O)c1cccc(Nc2ccc(C(=O)O)cc2F)c1. The highest BCUT2D eigenvalue weighted by Crippen LogP contribution is 2.22. The molecule has 0 amide bonds. The molecule has 0 aliphatic heterocycles. The van der Waals surface area contributed by atoms with E-state index in [9.17, 15) is 14.0 Å². The van der Waals surface area contributed by atoms with E-state index in [1.807, 2.05) is 0 Å². The van der Waals surface area contributed by atoms with Gasteiger partial charge >= 0.3 is 5.97 Å². The molecule has 2 aromatic rings. The molecule has 0 aliphatic carbocycles. The summed E-state index contributed by atoms with van der Waals surface area (Å²) in [6.07, 6.45) is 0. The summed E-state index contributed by atoms with van der Waals surface area (Å²) in [5, 5.41) is 11.6. The van der Waals surface area contributed by atoms with Crippen LogP contribution in [0.2, 0.25) is 0 Å². The van der Waals surface area contributed by atoms with Crippen LogP contribution in [0.3, 0.4) is 0 Å². The zero-order chi connectivity index (χ0) is 14.7. The average molecular weight is 273 g/mol. The maximum atomic E-state index is 13.8. The number of ketones is 1. The first-order chi connectivity index (χ1) is 9.47. The molecule has 20 heavy (non-hydrogen) atoms. The molecule has 0 spiro atoms. The third-order valence-corrected chi connectivity index (χ3v) is 2.76. The van der Waals surface area contributed by atoms with Gasteiger partial charge in [0.05, 0.1) is 11.3 Å². The molecule has 2 rings (SSSR count). The Labute approximate surface area is 114 Å². The van der Waals surface area contributed by atoms with Crippen molar-refractivity contribution < 1.29 is 19.1 Å². The van der Waals surface area contributed by atoms with Crippen molar-refractivity contribution in [3.8, 4) is 0 Å². The molecule has 0 unspecified atom stereocenters. The maximum Gasteiger partial charge on any atom is 0.335 e. The van der Waals surface area contributed by atoms with E-state index in [2.05, 4.69) is 5.32 Å². The van der Waals surface area contributed by atoms with Gasteiger partial charge in [0.2, 0.25) is 0 Å². The Morgan fingerprint density at radius 1 is 1.10 bits per heavy atom. The summed E-state index contributed by atoms with van der Waals surface area (Å²) in [5.74, 6) is -1.94. The summed E-state index contributed by atoms with van der Waals surface area (Å²) in [6, 6.07) is 10.2. The Balaban J connectivity index is 2.28. The third-order valence-electron chi connectivity index (χ3n) is 2.76. The van der Waals surface area contributed by atoms with E-state index in [1.165, 1.54) is 19.1 Å². The van der Waals surface area contributed by atoms with Crippen molar-refractivity contribution in [1.29, 1.82) is 0 Å². The van der Waals surface area contributed by atoms with Crippen LogP contribution in [0.25, 0.3) is 0 Å². The lowest BCUT2D eigenvalue weighted by Crippen LogP contribution is -2.00. The Morgan fingerprint density at radius 2 is 1.85 bits per heavy atom. The highest BCUT2D eigenvalue weighted by Gasteiger charge is 2.09. The molecular weight excluding hydrogens is 261 g/mol. The van der Waals surface area contributed by atoms with Gasteiger partial charge in [-0.05, 0) is 37.3 Å². The number of carbonyl (C=O) groups is 2. The molecule has 5 heteroatoms. The summed E-state index contributed by atoms with van der Waals surface area (Å²) in [4.78, 5) is 22.0. The number of hydrogen-bond donors (Lipinski definition) is 2. The number of carboxylic acid groups (broad SMARTS) is 1. The number of Topliss-reactive ketones (excluding diaryl/α,β-unsaturated/α-hetero) is 1. The second-order valence-electron chi connectivity index (χ2n) is 4.26. The zero-order valence-electron chi connectivity index (χ0n) is 10.7. The van der Waals surface area contributed by atoms with E-state index in [1.54, 1.807) is 24.3 Å². The predicted octanol–water partition coefficient (Wildman–Crippen LogP) is 3.47. The van der Waals surface area contributed by atoms with Crippen molar-refractivity contribution in [3.63, 3.8) is 0 Å². The van der Waals surface area contributed by atoms with Gasteiger partial charge in [-0.3, -0.25) is 4.79 Å². The first-order valence-corrected chi connectivity index (χ1v) is 5.88. The van der Waals surface area contributed by atoms with Crippen molar-refractivity contribution >= 4 is 23.1 Å². The van der Waals surface area contributed by atoms with Crippen LogP contribution in [0.4, 0.5) is 15.8 Å². The summed E-state index contributed by atoms with van der Waals surface area (Å²) < 4.78 is 13.8. The summed E-state index contributed by atoms with van der Waals surface area (Å²) >= 11 is 0. The number of carbonyl (C=O) groups excluding carboxylic acids is 1. The molecule has 0 aromatic heterocycles. The number of aromatic carboxylic acids is 1. The van der Waals surface area contributed by atoms with Gasteiger partial charge in [-0.2, -0.15) is 0 Å². The number of nitrogens with one attached hydrogen (secondary N) is 1. The normalized spacial score (nSPS) is 10.1. The van der Waals surface area contributed by atoms with E-state index in [-0.39, 0.29) is 17.0 Å². The smallest absolute Gasteiger partial charge is 0.335 e. The Bertz CT molecular complexity index is 683. The predicted molar refractivity (Wildman–Crippen MR) is 73.1 cm³/mol. The fourth-order valence-electron chi connectivity index (χ4n) is 1.72. The van der Waals surface area contributed by atoms with Crippen LogP contribution >= 0.6 is 0 Å². The number of hydrogen-bond acceptors (Lipinski definition) is 3. The molecule has 0 aliphatic rings. The standard InChI is InChI=1S/C15H12FNO3/c1-9(18)10-3-2-4-12(7-10)17-14-6-5-11(15(19)20)8-13(14)16/h2-8,17H,1H3,(H,19,20). The van der Waals surface area contributed by atoms with Crippen LogP contribution in [-0.4, -0.2) is 16.9 Å². The first-order valence-electron chi connectivity index (χ1n) is 5.88. The van der Waals surface area contributed by atoms with Crippen LogP contribution in [-0.2, 0) is 0 Å². The number of halogens is 1. The molecule has 2 aromatic carbocycles. The molecular formula is C15H12FNO3. The molecule has 0 atom stereocenters. The first kappa shape index (κ1) is 13.7. The molecule has 0 heterocycles. The van der Waals surface area contributed by atoms with Crippen LogP contribution < -0.4 is 5.32 Å². The van der Waals surface area contributed by atoms with Gasteiger partial charge in [0.25, 0.3) is 0 Å². The molecule has 0 saturated carbocycles. The Morgan fingerprint density at radius 3 is 2.45 bits per heavy atom. The van der Waals surface area contributed by atoms with Gasteiger partial charge in [0.1, 0.15) is 5.82 Å².